The Kier molecular flexibility index (Phi) is 4.75. The van der Waals surface area contributed by atoms with Crippen molar-refractivity contribution in [1.82, 2.24) is 9.97 Å². The van der Waals surface area contributed by atoms with E-state index in [1.54, 1.807) is 12.3 Å². The van der Waals surface area contributed by atoms with Crippen molar-refractivity contribution in [3.05, 3.63) is 46.6 Å². The number of anilines is 2. The Hall–Kier alpha value is -2.32. The summed E-state index contributed by atoms with van der Waals surface area (Å²) in [6.07, 6.45) is 1.56. The van der Waals surface area contributed by atoms with Crippen molar-refractivity contribution in [3.8, 4) is 6.07 Å². The summed E-state index contributed by atoms with van der Waals surface area (Å²) in [5.41, 5.74) is 1.62. The van der Waals surface area contributed by atoms with Crippen LogP contribution in [0.4, 0.5) is 11.8 Å². The van der Waals surface area contributed by atoms with Gasteiger partial charge in [0.1, 0.15) is 5.02 Å². The zero-order chi connectivity index (χ0) is 14.4. The molecule has 2 rings (SSSR count). The van der Waals surface area contributed by atoms with Gasteiger partial charge in [-0.3, -0.25) is 0 Å². The van der Waals surface area contributed by atoms with E-state index in [2.05, 4.69) is 26.7 Å². The van der Waals surface area contributed by atoms with Crippen molar-refractivity contribution < 1.29 is 0 Å². The molecule has 20 heavy (non-hydrogen) atoms. The van der Waals surface area contributed by atoms with E-state index in [1.807, 2.05) is 25.1 Å². The monoisotopic (exact) mass is 287 g/mol. The van der Waals surface area contributed by atoms with Crippen molar-refractivity contribution in [2.24, 2.45) is 0 Å². The molecule has 5 nitrogen and oxygen atoms in total. The van der Waals surface area contributed by atoms with Gasteiger partial charge in [-0.05, 0) is 24.6 Å². The molecule has 0 aliphatic heterocycles. The van der Waals surface area contributed by atoms with Crippen LogP contribution in [0.5, 0.6) is 0 Å². The first-order chi connectivity index (χ1) is 9.72. The topological polar surface area (TPSA) is 73.6 Å². The predicted octanol–water partition coefficient (Wildman–Crippen LogP) is 3.05. The lowest BCUT2D eigenvalue weighted by Crippen LogP contribution is -2.07. The lowest BCUT2D eigenvalue weighted by atomic mass is 10.1. The van der Waals surface area contributed by atoms with Gasteiger partial charge < -0.3 is 10.6 Å². The standard InChI is InChI=1S/C14H14ClN5/c1-2-17-14-19-9-12(15)13(20-14)18-8-11-5-3-4-10(6-11)7-16/h3-6,9H,2,8H2,1H3,(H2,17,18,19,20). The second kappa shape index (κ2) is 6.73. The van der Waals surface area contributed by atoms with Crippen LogP contribution in [0.3, 0.4) is 0 Å². The van der Waals surface area contributed by atoms with Gasteiger partial charge in [-0.15, -0.1) is 0 Å². The fourth-order valence-electron chi connectivity index (χ4n) is 1.67. The zero-order valence-electron chi connectivity index (χ0n) is 11.0. The number of nitrogens with zero attached hydrogens (tertiary/aromatic N) is 3. The van der Waals surface area contributed by atoms with Crippen LogP contribution in [0, 0.1) is 11.3 Å². The SMILES string of the molecule is CCNc1ncc(Cl)c(NCc2cccc(C#N)c2)n1. The highest BCUT2D eigenvalue weighted by Gasteiger charge is 2.05. The Morgan fingerprint density at radius 2 is 2.20 bits per heavy atom. The third-order valence-corrected chi connectivity index (χ3v) is 2.87. The lowest BCUT2D eigenvalue weighted by Gasteiger charge is -2.09. The van der Waals surface area contributed by atoms with Crippen molar-refractivity contribution in [3.63, 3.8) is 0 Å². The highest BCUT2D eigenvalue weighted by Crippen LogP contribution is 2.20. The first kappa shape index (κ1) is 14.1. The second-order valence-electron chi connectivity index (χ2n) is 4.09. The molecule has 0 atom stereocenters. The van der Waals surface area contributed by atoms with Gasteiger partial charge in [0.15, 0.2) is 5.82 Å². The Balaban J connectivity index is 2.10. The van der Waals surface area contributed by atoms with Crippen LogP contribution < -0.4 is 10.6 Å². The molecule has 6 heteroatoms. The van der Waals surface area contributed by atoms with E-state index >= 15 is 0 Å². The minimum Gasteiger partial charge on any atom is -0.365 e. The summed E-state index contributed by atoms with van der Waals surface area (Å²) in [6, 6.07) is 9.50. The van der Waals surface area contributed by atoms with Gasteiger partial charge in [0.2, 0.25) is 5.95 Å². The minimum atomic E-state index is 0.461. The minimum absolute atomic E-state index is 0.461. The van der Waals surface area contributed by atoms with E-state index in [0.29, 0.717) is 28.9 Å². The number of rotatable bonds is 5. The fourth-order valence-corrected chi connectivity index (χ4v) is 1.83. The molecule has 0 bridgehead atoms. The number of halogens is 1. The van der Waals surface area contributed by atoms with E-state index < -0.39 is 0 Å². The quantitative estimate of drug-likeness (QED) is 0.884. The van der Waals surface area contributed by atoms with Gasteiger partial charge in [0, 0.05) is 13.1 Å². The molecule has 2 aromatic rings. The molecule has 1 heterocycles. The number of hydrogen-bond donors (Lipinski definition) is 2. The Morgan fingerprint density at radius 1 is 1.35 bits per heavy atom. The number of aromatic nitrogens is 2. The van der Waals surface area contributed by atoms with Gasteiger partial charge in [0.25, 0.3) is 0 Å². The Labute approximate surface area is 122 Å². The fraction of sp³-hybridized carbons (Fsp3) is 0.214. The maximum absolute atomic E-state index is 8.87. The van der Waals surface area contributed by atoms with Gasteiger partial charge in [-0.25, -0.2) is 4.98 Å². The predicted molar refractivity (Wildman–Crippen MR) is 79.7 cm³/mol. The van der Waals surface area contributed by atoms with E-state index in [1.165, 1.54) is 0 Å². The normalized spacial score (nSPS) is 9.85. The first-order valence-corrected chi connectivity index (χ1v) is 6.60. The highest BCUT2D eigenvalue weighted by molar-refractivity contribution is 6.32. The summed E-state index contributed by atoms with van der Waals surface area (Å²) in [5, 5.41) is 15.5. The van der Waals surface area contributed by atoms with Crippen LogP contribution in [-0.4, -0.2) is 16.5 Å². The summed E-state index contributed by atoms with van der Waals surface area (Å²) in [6.45, 7) is 3.25. The van der Waals surface area contributed by atoms with Crippen LogP contribution >= 0.6 is 11.6 Å². The van der Waals surface area contributed by atoms with Gasteiger partial charge >= 0.3 is 0 Å². The molecular weight excluding hydrogens is 274 g/mol. The van der Waals surface area contributed by atoms with Gasteiger partial charge in [-0.2, -0.15) is 10.2 Å². The summed E-state index contributed by atoms with van der Waals surface area (Å²) in [7, 11) is 0. The van der Waals surface area contributed by atoms with Crippen LogP contribution in [-0.2, 0) is 6.54 Å². The number of nitriles is 1. The van der Waals surface area contributed by atoms with Crippen molar-refractivity contribution >= 4 is 23.4 Å². The Bertz CT molecular complexity index is 636. The molecule has 0 unspecified atom stereocenters. The molecule has 1 aromatic carbocycles. The van der Waals surface area contributed by atoms with Crippen molar-refractivity contribution in [1.29, 1.82) is 5.26 Å². The summed E-state index contributed by atoms with van der Waals surface area (Å²) in [5.74, 6) is 1.10. The molecule has 0 saturated carbocycles. The lowest BCUT2D eigenvalue weighted by molar-refractivity contribution is 1.05. The van der Waals surface area contributed by atoms with Crippen molar-refractivity contribution in [2.75, 3.05) is 17.2 Å². The third-order valence-electron chi connectivity index (χ3n) is 2.60. The summed E-state index contributed by atoms with van der Waals surface area (Å²) in [4.78, 5) is 8.36. The first-order valence-electron chi connectivity index (χ1n) is 6.22. The molecule has 0 spiro atoms. The molecule has 102 valence electrons. The second-order valence-corrected chi connectivity index (χ2v) is 4.49. The van der Waals surface area contributed by atoms with Crippen LogP contribution in [0.2, 0.25) is 5.02 Å². The molecule has 0 radical (unpaired) electrons. The van der Waals surface area contributed by atoms with Crippen LogP contribution in [0.1, 0.15) is 18.1 Å². The summed E-state index contributed by atoms with van der Waals surface area (Å²) < 4.78 is 0. The van der Waals surface area contributed by atoms with Gasteiger partial charge in [-0.1, -0.05) is 23.7 Å². The number of nitrogens with one attached hydrogen (secondary N) is 2. The smallest absolute Gasteiger partial charge is 0.224 e. The molecule has 0 saturated heterocycles. The van der Waals surface area contributed by atoms with Crippen LogP contribution in [0.15, 0.2) is 30.5 Å². The van der Waals surface area contributed by atoms with E-state index in [-0.39, 0.29) is 0 Å². The largest absolute Gasteiger partial charge is 0.365 e. The maximum Gasteiger partial charge on any atom is 0.224 e. The molecule has 0 aliphatic rings. The molecule has 0 aliphatic carbocycles. The molecule has 1 aromatic heterocycles. The average Bonchev–Trinajstić information content (AvgIpc) is 2.48. The maximum atomic E-state index is 8.87. The summed E-state index contributed by atoms with van der Waals surface area (Å²) >= 11 is 6.05. The molecule has 0 amide bonds. The molecule has 0 fully saturated rings. The van der Waals surface area contributed by atoms with E-state index in [4.69, 9.17) is 16.9 Å². The zero-order valence-corrected chi connectivity index (χ0v) is 11.8. The highest BCUT2D eigenvalue weighted by atomic mass is 35.5. The van der Waals surface area contributed by atoms with Crippen molar-refractivity contribution in [2.45, 2.75) is 13.5 Å². The third kappa shape index (κ3) is 3.59. The van der Waals surface area contributed by atoms with E-state index in [9.17, 15) is 0 Å². The average molecular weight is 288 g/mol. The Morgan fingerprint density at radius 3 is 2.95 bits per heavy atom. The number of benzene rings is 1. The molecular formula is C14H14ClN5. The molecule has 2 N–H and O–H groups in total. The van der Waals surface area contributed by atoms with E-state index in [0.717, 1.165) is 12.1 Å². The van der Waals surface area contributed by atoms with Crippen LogP contribution in [0.25, 0.3) is 0 Å². The van der Waals surface area contributed by atoms with Gasteiger partial charge in [0.05, 0.1) is 17.8 Å². The number of hydrogen-bond acceptors (Lipinski definition) is 5.